The van der Waals surface area contributed by atoms with Crippen LogP contribution >= 0.6 is 23.4 Å². The van der Waals surface area contributed by atoms with E-state index in [1.807, 2.05) is 59.5 Å². The molecule has 4 aromatic rings. The number of hydrogen-bond acceptors (Lipinski definition) is 8. The zero-order chi connectivity index (χ0) is 31.7. The molecule has 0 N–H and O–H groups in total. The summed E-state index contributed by atoms with van der Waals surface area (Å²) in [4.78, 5) is 31.5. The fourth-order valence-corrected chi connectivity index (χ4v) is 6.83. The number of thioether (sulfide) groups is 1. The number of hydrogen-bond donors (Lipinski definition) is 0. The summed E-state index contributed by atoms with van der Waals surface area (Å²) < 4.78 is 5.52. The Bertz CT molecular complexity index is 1620. The Kier molecular flexibility index (Phi) is 10.7. The molecule has 8 nitrogen and oxygen atoms in total. The normalized spacial score (nSPS) is 15.8. The Balaban J connectivity index is 0.976. The van der Waals surface area contributed by atoms with Crippen LogP contribution in [-0.2, 0) is 5.75 Å². The van der Waals surface area contributed by atoms with Crippen LogP contribution in [0.15, 0.2) is 96.2 Å². The number of ether oxygens (including phenoxy) is 1. The Labute approximate surface area is 280 Å². The Morgan fingerprint density at radius 2 is 1.54 bits per heavy atom. The van der Waals surface area contributed by atoms with Crippen molar-refractivity contribution < 1.29 is 9.53 Å². The number of anilines is 2. The SMILES string of the molecule is COc1ccccc1N1CCN(C(=O)c2ccc(CSc3nc(Cl)cc(N4CCN(CC=Cc5ccccc5)CC4)n3)cc2)CC1. The van der Waals surface area contributed by atoms with E-state index in [-0.39, 0.29) is 5.91 Å². The molecule has 10 heteroatoms. The summed E-state index contributed by atoms with van der Waals surface area (Å²) in [7, 11) is 1.69. The van der Waals surface area contributed by atoms with Crippen molar-refractivity contribution in [3.8, 4) is 5.75 Å². The molecule has 0 spiro atoms. The maximum absolute atomic E-state index is 13.2. The van der Waals surface area contributed by atoms with Crippen molar-refractivity contribution in [3.63, 3.8) is 0 Å². The van der Waals surface area contributed by atoms with E-state index >= 15 is 0 Å². The number of halogens is 1. The molecule has 1 aromatic heterocycles. The Morgan fingerprint density at radius 1 is 0.848 bits per heavy atom. The molecule has 1 amide bonds. The highest BCUT2D eigenvalue weighted by Gasteiger charge is 2.24. The zero-order valence-electron chi connectivity index (χ0n) is 26.1. The molecule has 0 saturated carbocycles. The first-order valence-electron chi connectivity index (χ1n) is 15.7. The molecule has 2 aliphatic heterocycles. The van der Waals surface area contributed by atoms with E-state index in [4.69, 9.17) is 21.3 Å². The molecule has 3 heterocycles. The van der Waals surface area contributed by atoms with Crippen LogP contribution < -0.4 is 14.5 Å². The minimum atomic E-state index is 0.0639. The highest BCUT2D eigenvalue weighted by molar-refractivity contribution is 7.98. The Hall–Kier alpha value is -4.05. The van der Waals surface area contributed by atoms with Gasteiger partial charge in [-0.15, -0.1) is 0 Å². The largest absolute Gasteiger partial charge is 0.495 e. The minimum absolute atomic E-state index is 0.0639. The number of carbonyl (C=O) groups is 1. The third-order valence-electron chi connectivity index (χ3n) is 8.39. The summed E-state index contributed by atoms with van der Waals surface area (Å²) in [5.41, 5.74) is 4.10. The highest BCUT2D eigenvalue weighted by Crippen LogP contribution is 2.29. The number of aromatic nitrogens is 2. The second-order valence-electron chi connectivity index (χ2n) is 11.4. The average molecular weight is 655 g/mol. The van der Waals surface area contributed by atoms with Crippen LogP contribution in [0.2, 0.25) is 5.15 Å². The molecule has 238 valence electrons. The second-order valence-corrected chi connectivity index (χ2v) is 12.7. The van der Waals surface area contributed by atoms with E-state index in [1.54, 1.807) is 18.9 Å². The molecular formula is C36H39ClN6O2S. The van der Waals surface area contributed by atoms with Gasteiger partial charge in [-0.2, -0.15) is 0 Å². The fraction of sp³-hybridized carbons (Fsp3) is 0.306. The van der Waals surface area contributed by atoms with E-state index in [2.05, 4.69) is 62.2 Å². The first-order chi connectivity index (χ1) is 22.6. The standard InChI is InChI=1S/C36H39ClN6O2S/c1-45-32-12-6-5-11-31(32)41-22-24-43(25-23-41)35(44)30-15-13-29(14-16-30)27-46-36-38-33(37)26-34(39-36)42-20-18-40(19-21-42)17-7-10-28-8-3-2-4-9-28/h2-16,26H,17-25,27H2,1H3. The van der Waals surface area contributed by atoms with Crippen molar-refractivity contribution in [2.75, 3.05) is 75.8 Å². The fourth-order valence-electron chi connectivity index (χ4n) is 5.79. The highest BCUT2D eigenvalue weighted by atomic mass is 35.5. The number of carbonyl (C=O) groups excluding carboxylic acids is 1. The predicted octanol–water partition coefficient (Wildman–Crippen LogP) is 6.23. The van der Waals surface area contributed by atoms with Gasteiger partial charge in [0.2, 0.25) is 0 Å². The van der Waals surface area contributed by atoms with Crippen molar-refractivity contribution in [3.05, 3.63) is 113 Å². The number of para-hydroxylation sites is 2. The molecule has 3 aromatic carbocycles. The average Bonchev–Trinajstić information content (AvgIpc) is 3.11. The van der Waals surface area contributed by atoms with Gasteiger partial charge in [0, 0.05) is 76.3 Å². The summed E-state index contributed by atoms with van der Waals surface area (Å²) in [6.45, 7) is 7.51. The topological polar surface area (TPSA) is 65.0 Å². The molecule has 2 aliphatic rings. The van der Waals surface area contributed by atoms with E-state index in [9.17, 15) is 4.79 Å². The number of nitrogens with zero attached hydrogens (tertiary/aromatic N) is 6. The van der Waals surface area contributed by atoms with E-state index < -0.39 is 0 Å². The van der Waals surface area contributed by atoms with E-state index in [0.29, 0.717) is 34.7 Å². The lowest BCUT2D eigenvalue weighted by molar-refractivity contribution is 0.0746. The molecule has 2 saturated heterocycles. The molecule has 0 atom stereocenters. The van der Waals surface area contributed by atoms with E-state index in [1.165, 1.54) is 5.56 Å². The van der Waals surface area contributed by atoms with Gasteiger partial charge in [-0.1, -0.05) is 90.1 Å². The lowest BCUT2D eigenvalue weighted by Gasteiger charge is -2.36. The first-order valence-corrected chi connectivity index (χ1v) is 17.0. The number of piperazine rings is 2. The molecule has 46 heavy (non-hydrogen) atoms. The van der Waals surface area contributed by atoms with Crippen LogP contribution in [0.4, 0.5) is 11.5 Å². The van der Waals surface area contributed by atoms with Crippen LogP contribution in [0.1, 0.15) is 21.5 Å². The van der Waals surface area contributed by atoms with Crippen LogP contribution in [-0.4, -0.2) is 91.7 Å². The second kappa shape index (κ2) is 15.5. The van der Waals surface area contributed by atoms with Gasteiger partial charge in [-0.3, -0.25) is 9.69 Å². The van der Waals surface area contributed by atoms with Crippen molar-refractivity contribution in [1.82, 2.24) is 19.8 Å². The van der Waals surface area contributed by atoms with Crippen molar-refractivity contribution in [1.29, 1.82) is 0 Å². The molecule has 6 rings (SSSR count). The van der Waals surface area contributed by atoms with Gasteiger partial charge < -0.3 is 19.4 Å². The Morgan fingerprint density at radius 3 is 2.28 bits per heavy atom. The summed E-state index contributed by atoms with van der Waals surface area (Å²) in [5, 5.41) is 1.11. The molecule has 0 unspecified atom stereocenters. The molecule has 2 fully saturated rings. The predicted molar refractivity (Wildman–Crippen MR) is 188 cm³/mol. The smallest absolute Gasteiger partial charge is 0.253 e. The number of amides is 1. The van der Waals surface area contributed by atoms with E-state index in [0.717, 1.165) is 68.6 Å². The maximum Gasteiger partial charge on any atom is 0.253 e. The summed E-state index contributed by atoms with van der Waals surface area (Å²) >= 11 is 7.99. The van der Waals surface area contributed by atoms with Crippen molar-refractivity contribution in [2.45, 2.75) is 10.9 Å². The lowest BCUT2D eigenvalue weighted by atomic mass is 10.1. The summed E-state index contributed by atoms with van der Waals surface area (Å²) in [5.74, 6) is 2.48. The van der Waals surface area contributed by atoms with Crippen LogP contribution in [0, 0.1) is 0 Å². The number of methoxy groups -OCH3 is 1. The first kappa shape index (κ1) is 31.9. The van der Waals surface area contributed by atoms with Crippen molar-refractivity contribution >= 4 is 46.9 Å². The van der Waals surface area contributed by atoms with Gasteiger partial charge in [-0.05, 0) is 35.4 Å². The van der Waals surface area contributed by atoms with Crippen molar-refractivity contribution in [2.24, 2.45) is 0 Å². The van der Waals surface area contributed by atoms with Gasteiger partial charge >= 0.3 is 0 Å². The zero-order valence-corrected chi connectivity index (χ0v) is 27.7. The number of rotatable bonds is 10. The van der Waals surface area contributed by atoms with Crippen LogP contribution in [0.5, 0.6) is 5.75 Å². The van der Waals surface area contributed by atoms with Crippen LogP contribution in [0.3, 0.4) is 0 Å². The summed E-state index contributed by atoms with van der Waals surface area (Å²) in [6, 6.07) is 28.1. The molecular weight excluding hydrogens is 616 g/mol. The number of benzene rings is 3. The van der Waals surface area contributed by atoms with Gasteiger partial charge in [0.25, 0.3) is 5.91 Å². The van der Waals surface area contributed by atoms with Gasteiger partial charge in [0.1, 0.15) is 16.7 Å². The molecule has 0 radical (unpaired) electrons. The van der Waals surface area contributed by atoms with Crippen LogP contribution in [0.25, 0.3) is 6.08 Å². The molecule has 0 bridgehead atoms. The van der Waals surface area contributed by atoms with Gasteiger partial charge in [-0.25, -0.2) is 9.97 Å². The lowest BCUT2D eigenvalue weighted by Crippen LogP contribution is -2.48. The minimum Gasteiger partial charge on any atom is -0.495 e. The summed E-state index contributed by atoms with van der Waals surface area (Å²) in [6.07, 6.45) is 4.41. The monoisotopic (exact) mass is 654 g/mol. The third-order valence-corrected chi connectivity index (χ3v) is 9.50. The molecule has 0 aliphatic carbocycles. The third kappa shape index (κ3) is 8.20. The maximum atomic E-state index is 13.2. The quantitative estimate of drug-likeness (QED) is 0.113. The van der Waals surface area contributed by atoms with Gasteiger partial charge in [0.15, 0.2) is 5.16 Å². The van der Waals surface area contributed by atoms with Gasteiger partial charge in [0.05, 0.1) is 12.8 Å².